The number of nitrogens with zero attached hydrogens (tertiary/aromatic N) is 2. The minimum Gasteiger partial charge on any atom is -0.316 e. The summed E-state index contributed by atoms with van der Waals surface area (Å²) in [6, 6.07) is 7.35. The van der Waals surface area contributed by atoms with Crippen molar-refractivity contribution < 1.29 is 4.79 Å². The Morgan fingerprint density at radius 1 is 1.32 bits per heavy atom. The van der Waals surface area contributed by atoms with Gasteiger partial charge in [-0.3, -0.25) is 14.0 Å². The number of hydrogen-bond acceptors (Lipinski definition) is 4. The van der Waals surface area contributed by atoms with Crippen LogP contribution in [-0.4, -0.2) is 15.3 Å². The summed E-state index contributed by atoms with van der Waals surface area (Å²) in [5.74, 6) is -0.306. The van der Waals surface area contributed by atoms with Gasteiger partial charge < -0.3 is 5.32 Å². The number of thiazole rings is 1. The van der Waals surface area contributed by atoms with E-state index < -0.39 is 0 Å². The van der Waals surface area contributed by atoms with Crippen molar-refractivity contribution in [2.24, 2.45) is 0 Å². The number of anilines is 1. The van der Waals surface area contributed by atoms with E-state index in [9.17, 15) is 9.59 Å². The Morgan fingerprint density at radius 2 is 2.05 bits per heavy atom. The summed E-state index contributed by atoms with van der Waals surface area (Å²) in [4.78, 5) is 29.7. The van der Waals surface area contributed by atoms with Crippen molar-refractivity contribution in [3.63, 3.8) is 0 Å². The highest BCUT2D eigenvalue weighted by molar-refractivity contribution is 7.15. The van der Waals surface area contributed by atoms with E-state index in [1.54, 1.807) is 30.6 Å². The zero-order valence-electron chi connectivity index (χ0n) is 12.3. The van der Waals surface area contributed by atoms with Gasteiger partial charge in [0.05, 0.1) is 5.69 Å². The summed E-state index contributed by atoms with van der Waals surface area (Å²) in [5, 5.41) is 4.47. The standard InChI is InChI=1S/C16H15N3O2S/c1-3-11-4-6-12(7-5-11)14(20)18-13-10(2)17-16-19(15(13)21)8-9-22-16/h4-9H,3H2,1-2H3,(H,18,20). The number of nitrogens with one attached hydrogen (secondary N) is 1. The number of aromatic nitrogens is 2. The summed E-state index contributed by atoms with van der Waals surface area (Å²) in [6.45, 7) is 3.78. The third kappa shape index (κ3) is 2.53. The fourth-order valence-corrected chi connectivity index (χ4v) is 2.95. The van der Waals surface area contributed by atoms with Crippen LogP contribution < -0.4 is 10.9 Å². The van der Waals surface area contributed by atoms with Gasteiger partial charge in [0.2, 0.25) is 0 Å². The molecule has 0 saturated carbocycles. The molecule has 0 aliphatic heterocycles. The number of hydrogen-bond donors (Lipinski definition) is 1. The molecular weight excluding hydrogens is 298 g/mol. The lowest BCUT2D eigenvalue weighted by Gasteiger charge is -2.08. The van der Waals surface area contributed by atoms with Crippen LogP contribution in [0.4, 0.5) is 5.69 Å². The Bertz CT molecular complexity index is 894. The molecule has 3 aromatic rings. The number of rotatable bonds is 3. The number of aryl methyl sites for hydroxylation is 2. The molecule has 2 heterocycles. The van der Waals surface area contributed by atoms with Crippen LogP contribution in [0, 0.1) is 6.92 Å². The average Bonchev–Trinajstić information content (AvgIpc) is 2.99. The smallest absolute Gasteiger partial charge is 0.282 e. The van der Waals surface area contributed by atoms with Gasteiger partial charge in [0.15, 0.2) is 4.96 Å². The van der Waals surface area contributed by atoms with Crippen LogP contribution in [0.15, 0.2) is 40.6 Å². The first kappa shape index (κ1) is 14.5. The van der Waals surface area contributed by atoms with Gasteiger partial charge in [-0.05, 0) is 31.0 Å². The molecule has 0 bridgehead atoms. The molecule has 1 N–H and O–H groups in total. The van der Waals surface area contributed by atoms with Crippen LogP contribution in [0.1, 0.15) is 28.5 Å². The predicted octanol–water partition coefficient (Wildman–Crippen LogP) is 2.88. The van der Waals surface area contributed by atoms with Gasteiger partial charge in [-0.2, -0.15) is 0 Å². The van der Waals surface area contributed by atoms with Crippen molar-refractivity contribution in [2.75, 3.05) is 5.32 Å². The Balaban J connectivity index is 1.95. The summed E-state index contributed by atoms with van der Waals surface area (Å²) in [6.07, 6.45) is 2.57. The molecule has 112 valence electrons. The van der Waals surface area contributed by atoms with E-state index in [1.807, 2.05) is 12.1 Å². The Hall–Kier alpha value is -2.47. The molecule has 0 atom stereocenters. The number of amides is 1. The second kappa shape index (κ2) is 5.73. The lowest BCUT2D eigenvalue weighted by atomic mass is 10.1. The van der Waals surface area contributed by atoms with Crippen molar-refractivity contribution in [3.05, 3.63) is 63.0 Å². The zero-order chi connectivity index (χ0) is 15.7. The normalized spacial score (nSPS) is 10.8. The molecule has 22 heavy (non-hydrogen) atoms. The Morgan fingerprint density at radius 3 is 2.73 bits per heavy atom. The first-order valence-electron chi connectivity index (χ1n) is 6.97. The minimum atomic E-state index is -0.306. The maximum atomic E-state index is 12.4. The van der Waals surface area contributed by atoms with Gasteiger partial charge in [-0.25, -0.2) is 4.98 Å². The van der Waals surface area contributed by atoms with E-state index in [-0.39, 0.29) is 17.2 Å². The molecule has 0 aliphatic carbocycles. The van der Waals surface area contributed by atoms with E-state index in [2.05, 4.69) is 17.2 Å². The van der Waals surface area contributed by atoms with E-state index in [4.69, 9.17) is 0 Å². The van der Waals surface area contributed by atoms with Gasteiger partial charge in [0.25, 0.3) is 11.5 Å². The first-order chi connectivity index (χ1) is 10.6. The molecule has 0 fully saturated rings. The van der Waals surface area contributed by atoms with Gasteiger partial charge in [-0.15, -0.1) is 11.3 Å². The molecule has 0 unspecified atom stereocenters. The molecule has 0 aliphatic rings. The molecule has 2 aromatic heterocycles. The number of carbonyl (C=O) groups is 1. The van der Waals surface area contributed by atoms with Gasteiger partial charge in [0, 0.05) is 17.1 Å². The largest absolute Gasteiger partial charge is 0.316 e. The maximum absolute atomic E-state index is 12.4. The molecule has 3 rings (SSSR count). The van der Waals surface area contributed by atoms with Gasteiger partial charge >= 0.3 is 0 Å². The number of fused-ring (bicyclic) bond motifs is 1. The lowest BCUT2D eigenvalue weighted by molar-refractivity contribution is 0.102. The third-order valence-corrected chi connectivity index (χ3v) is 4.27. The maximum Gasteiger partial charge on any atom is 0.282 e. The van der Waals surface area contributed by atoms with E-state index >= 15 is 0 Å². The van der Waals surface area contributed by atoms with E-state index in [0.717, 1.165) is 12.0 Å². The fraction of sp³-hybridized carbons (Fsp3) is 0.188. The molecular formula is C16H15N3O2S. The SMILES string of the molecule is CCc1ccc(C(=O)Nc2c(C)nc3sccn3c2=O)cc1. The van der Waals surface area contributed by atoms with E-state index in [0.29, 0.717) is 16.2 Å². The molecule has 1 amide bonds. The zero-order valence-corrected chi connectivity index (χ0v) is 13.1. The summed E-state index contributed by atoms with van der Waals surface area (Å²) < 4.78 is 1.44. The topological polar surface area (TPSA) is 63.5 Å². The van der Waals surface area contributed by atoms with Crippen molar-refractivity contribution in [1.82, 2.24) is 9.38 Å². The predicted molar refractivity (Wildman–Crippen MR) is 87.8 cm³/mol. The van der Waals surface area contributed by atoms with Crippen LogP contribution in [0.25, 0.3) is 4.96 Å². The van der Waals surface area contributed by atoms with Crippen LogP contribution in [0.2, 0.25) is 0 Å². The van der Waals surface area contributed by atoms with E-state index in [1.165, 1.54) is 15.7 Å². The van der Waals surface area contributed by atoms with Crippen molar-refractivity contribution in [1.29, 1.82) is 0 Å². The third-order valence-electron chi connectivity index (χ3n) is 3.51. The number of carbonyl (C=O) groups excluding carboxylic acids is 1. The Labute approximate surface area is 131 Å². The second-order valence-corrected chi connectivity index (χ2v) is 5.81. The first-order valence-corrected chi connectivity index (χ1v) is 7.85. The molecule has 5 nitrogen and oxygen atoms in total. The molecule has 0 spiro atoms. The molecule has 0 radical (unpaired) electrons. The molecule has 0 saturated heterocycles. The van der Waals surface area contributed by atoms with Crippen LogP contribution in [0.5, 0.6) is 0 Å². The summed E-state index contributed by atoms with van der Waals surface area (Å²) in [7, 11) is 0. The van der Waals surface area contributed by atoms with Crippen LogP contribution in [0.3, 0.4) is 0 Å². The van der Waals surface area contributed by atoms with Crippen molar-refractivity contribution in [2.45, 2.75) is 20.3 Å². The van der Waals surface area contributed by atoms with Crippen LogP contribution in [-0.2, 0) is 6.42 Å². The highest BCUT2D eigenvalue weighted by Crippen LogP contribution is 2.14. The van der Waals surface area contributed by atoms with Gasteiger partial charge in [0.1, 0.15) is 5.69 Å². The average molecular weight is 313 g/mol. The van der Waals surface area contributed by atoms with Gasteiger partial charge in [-0.1, -0.05) is 19.1 Å². The van der Waals surface area contributed by atoms with Crippen LogP contribution >= 0.6 is 11.3 Å². The highest BCUT2D eigenvalue weighted by atomic mass is 32.1. The quantitative estimate of drug-likeness (QED) is 0.808. The summed E-state index contributed by atoms with van der Waals surface area (Å²) >= 11 is 1.38. The fourth-order valence-electron chi connectivity index (χ4n) is 2.20. The molecule has 1 aromatic carbocycles. The van der Waals surface area contributed by atoms with Crippen molar-refractivity contribution in [3.8, 4) is 0 Å². The molecule has 6 heteroatoms. The lowest BCUT2D eigenvalue weighted by Crippen LogP contribution is -2.24. The summed E-state index contributed by atoms with van der Waals surface area (Å²) in [5.41, 5.74) is 2.16. The monoisotopic (exact) mass is 313 g/mol. The minimum absolute atomic E-state index is 0.223. The highest BCUT2D eigenvalue weighted by Gasteiger charge is 2.14. The number of benzene rings is 1. The Kier molecular flexibility index (Phi) is 3.77. The second-order valence-electron chi connectivity index (χ2n) is 4.94. The van der Waals surface area contributed by atoms with Crippen molar-refractivity contribution >= 4 is 27.9 Å².